The van der Waals surface area contributed by atoms with E-state index in [2.05, 4.69) is 10.3 Å². The van der Waals surface area contributed by atoms with Crippen molar-refractivity contribution in [1.82, 2.24) is 15.0 Å². The molecule has 5 nitrogen and oxygen atoms in total. The van der Waals surface area contributed by atoms with Gasteiger partial charge >= 0.3 is 5.97 Å². The van der Waals surface area contributed by atoms with Gasteiger partial charge in [0, 0.05) is 7.05 Å². The number of carboxylic acid groups (broad SMARTS) is 1. The number of carboxylic acids is 1. The Morgan fingerprint density at radius 2 is 2.43 bits per heavy atom. The minimum Gasteiger partial charge on any atom is -0.476 e. The van der Waals surface area contributed by atoms with Crippen molar-refractivity contribution < 1.29 is 9.90 Å². The molecule has 0 aliphatic rings. The number of aryl methyl sites for hydroxylation is 1. The van der Waals surface area contributed by atoms with Gasteiger partial charge in [-0.1, -0.05) is 11.3 Å². The highest BCUT2D eigenvalue weighted by Crippen LogP contribution is 2.25. The van der Waals surface area contributed by atoms with Gasteiger partial charge in [0.05, 0.1) is 4.88 Å². The third-order valence-corrected chi connectivity index (χ3v) is 2.66. The first-order valence-electron chi connectivity index (χ1n) is 3.87. The number of carbonyl (C=O) groups is 1. The van der Waals surface area contributed by atoms with Gasteiger partial charge in [-0.15, -0.1) is 16.4 Å². The molecule has 6 heteroatoms. The summed E-state index contributed by atoms with van der Waals surface area (Å²) in [6.07, 6.45) is 0. The largest absolute Gasteiger partial charge is 0.476 e. The van der Waals surface area contributed by atoms with Crippen LogP contribution in [0.15, 0.2) is 17.5 Å². The van der Waals surface area contributed by atoms with Gasteiger partial charge in [0.2, 0.25) is 0 Å². The van der Waals surface area contributed by atoms with Crippen LogP contribution in [0.3, 0.4) is 0 Å². The normalized spacial score (nSPS) is 10.4. The number of hydrogen-bond donors (Lipinski definition) is 1. The standard InChI is InChI=1S/C8H7N3O2S/c1-11-7(5-3-2-4-14-5)6(8(12)13)9-10-11/h2-4H,1H3,(H,12,13). The van der Waals surface area contributed by atoms with Gasteiger partial charge in [-0.3, -0.25) is 0 Å². The van der Waals surface area contributed by atoms with Crippen molar-refractivity contribution in [2.75, 3.05) is 0 Å². The molecule has 72 valence electrons. The summed E-state index contributed by atoms with van der Waals surface area (Å²) in [7, 11) is 1.68. The van der Waals surface area contributed by atoms with Crippen molar-refractivity contribution >= 4 is 17.3 Å². The Balaban J connectivity index is 2.62. The van der Waals surface area contributed by atoms with Crippen LogP contribution in [0.4, 0.5) is 0 Å². The topological polar surface area (TPSA) is 68.0 Å². The molecule has 0 atom stereocenters. The number of hydrogen-bond acceptors (Lipinski definition) is 4. The van der Waals surface area contributed by atoms with Crippen LogP contribution in [0.1, 0.15) is 10.5 Å². The number of aromatic carboxylic acids is 1. The van der Waals surface area contributed by atoms with Crippen LogP contribution in [-0.4, -0.2) is 26.1 Å². The van der Waals surface area contributed by atoms with Gasteiger partial charge < -0.3 is 5.11 Å². The lowest BCUT2D eigenvalue weighted by molar-refractivity contribution is 0.0691. The van der Waals surface area contributed by atoms with E-state index in [0.717, 1.165) is 4.88 Å². The Kier molecular flexibility index (Phi) is 2.05. The number of aromatic nitrogens is 3. The highest BCUT2D eigenvalue weighted by atomic mass is 32.1. The van der Waals surface area contributed by atoms with Gasteiger partial charge in [0.1, 0.15) is 5.69 Å². The molecular weight excluding hydrogens is 202 g/mol. The van der Waals surface area contributed by atoms with Crippen molar-refractivity contribution in [2.45, 2.75) is 0 Å². The van der Waals surface area contributed by atoms with E-state index in [1.165, 1.54) is 16.0 Å². The molecule has 0 aliphatic carbocycles. The molecule has 0 aliphatic heterocycles. The summed E-state index contributed by atoms with van der Waals surface area (Å²) in [4.78, 5) is 11.7. The summed E-state index contributed by atoms with van der Waals surface area (Å²) in [5, 5.41) is 18.0. The van der Waals surface area contributed by atoms with Crippen LogP contribution in [0.5, 0.6) is 0 Å². The fourth-order valence-corrected chi connectivity index (χ4v) is 1.99. The lowest BCUT2D eigenvalue weighted by Crippen LogP contribution is -2.00. The first-order chi connectivity index (χ1) is 6.70. The van der Waals surface area contributed by atoms with Crippen LogP contribution in [0.2, 0.25) is 0 Å². The molecule has 2 aromatic rings. The molecule has 2 aromatic heterocycles. The molecule has 0 fully saturated rings. The maximum absolute atomic E-state index is 10.8. The van der Waals surface area contributed by atoms with E-state index >= 15 is 0 Å². The molecule has 1 N–H and O–H groups in total. The van der Waals surface area contributed by atoms with Gasteiger partial charge in [0.25, 0.3) is 0 Å². The van der Waals surface area contributed by atoms with Crippen molar-refractivity contribution in [3.63, 3.8) is 0 Å². The summed E-state index contributed by atoms with van der Waals surface area (Å²) in [5.74, 6) is -1.05. The van der Waals surface area contributed by atoms with E-state index in [9.17, 15) is 4.79 Å². The van der Waals surface area contributed by atoms with E-state index in [1.54, 1.807) is 7.05 Å². The first kappa shape index (κ1) is 8.89. The Bertz CT molecular complexity index is 461. The smallest absolute Gasteiger partial charge is 0.358 e. The molecule has 0 unspecified atom stereocenters. The maximum atomic E-state index is 10.8. The van der Waals surface area contributed by atoms with E-state index in [4.69, 9.17) is 5.11 Å². The highest BCUT2D eigenvalue weighted by molar-refractivity contribution is 7.13. The van der Waals surface area contributed by atoms with Gasteiger partial charge in [-0.2, -0.15) is 0 Å². The Morgan fingerprint density at radius 3 is 3.00 bits per heavy atom. The van der Waals surface area contributed by atoms with Crippen LogP contribution in [0.25, 0.3) is 10.6 Å². The fourth-order valence-electron chi connectivity index (χ4n) is 1.19. The minimum atomic E-state index is -1.05. The Labute approximate surface area is 83.6 Å². The van der Waals surface area contributed by atoms with Crippen LogP contribution < -0.4 is 0 Å². The maximum Gasteiger partial charge on any atom is 0.358 e. The average Bonchev–Trinajstić information content (AvgIpc) is 2.71. The average molecular weight is 209 g/mol. The zero-order valence-corrected chi connectivity index (χ0v) is 8.15. The lowest BCUT2D eigenvalue weighted by Gasteiger charge is -1.97. The second kappa shape index (κ2) is 3.22. The molecule has 0 spiro atoms. The minimum absolute atomic E-state index is 0.00468. The van der Waals surface area contributed by atoms with Crippen LogP contribution in [0, 0.1) is 0 Å². The fraction of sp³-hybridized carbons (Fsp3) is 0.125. The molecule has 0 aromatic carbocycles. The van der Waals surface area contributed by atoms with E-state index in [1.807, 2.05) is 17.5 Å². The predicted octanol–water partition coefficient (Wildman–Crippen LogP) is 1.24. The number of nitrogens with zero attached hydrogens (tertiary/aromatic N) is 3. The summed E-state index contributed by atoms with van der Waals surface area (Å²) < 4.78 is 1.47. The highest BCUT2D eigenvalue weighted by Gasteiger charge is 2.19. The molecule has 14 heavy (non-hydrogen) atoms. The SMILES string of the molecule is Cn1nnc(C(=O)O)c1-c1cccs1. The summed E-state index contributed by atoms with van der Waals surface area (Å²) in [6, 6.07) is 3.70. The Hall–Kier alpha value is -1.69. The second-order valence-corrected chi connectivity index (χ2v) is 3.64. The number of rotatable bonds is 2. The van der Waals surface area contributed by atoms with Crippen LogP contribution >= 0.6 is 11.3 Å². The molecule has 0 radical (unpaired) electrons. The lowest BCUT2D eigenvalue weighted by atomic mass is 10.3. The summed E-state index contributed by atoms with van der Waals surface area (Å²) in [6.45, 7) is 0. The first-order valence-corrected chi connectivity index (χ1v) is 4.75. The van der Waals surface area contributed by atoms with E-state index in [-0.39, 0.29) is 5.69 Å². The molecule has 0 bridgehead atoms. The number of thiophene rings is 1. The quantitative estimate of drug-likeness (QED) is 0.808. The predicted molar refractivity (Wildman–Crippen MR) is 51.3 cm³/mol. The third-order valence-electron chi connectivity index (χ3n) is 1.78. The van der Waals surface area contributed by atoms with Crippen molar-refractivity contribution in [3.05, 3.63) is 23.2 Å². The van der Waals surface area contributed by atoms with Gasteiger partial charge in [-0.05, 0) is 11.4 Å². The molecular formula is C8H7N3O2S. The molecule has 2 rings (SSSR count). The summed E-state index contributed by atoms with van der Waals surface area (Å²) >= 11 is 1.46. The van der Waals surface area contributed by atoms with E-state index < -0.39 is 5.97 Å². The van der Waals surface area contributed by atoms with Gasteiger partial charge in [0.15, 0.2) is 5.69 Å². The molecule has 0 amide bonds. The summed E-state index contributed by atoms with van der Waals surface area (Å²) in [5.41, 5.74) is 0.544. The van der Waals surface area contributed by atoms with Crippen molar-refractivity contribution in [2.24, 2.45) is 7.05 Å². The van der Waals surface area contributed by atoms with Crippen molar-refractivity contribution in [3.8, 4) is 10.6 Å². The zero-order valence-electron chi connectivity index (χ0n) is 7.34. The Morgan fingerprint density at radius 1 is 1.64 bits per heavy atom. The molecule has 0 saturated heterocycles. The van der Waals surface area contributed by atoms with Crippen molar-refractivity contribution in [1.29, 1.82) is 0 Å². The van der Waals surface area contributed by atoms with Crippen LogP contribution in [-0.2, 0) is 7.05 Å². The zero-order chi connectivity index (χ0) is 10.1. The van der Waals surface area contributed by atoms with Gasteiger partial charge in [-0.25, -0.2) is 9.48 Å². The monoisotopic (exact) mass is 209 g/mol. The third kappa shape index (κ3) is 1.29. The molecule has 2 heterocycles. The second-order valence-electron chi connectivity index (χ2n) is 2.69. The molecule has 0 saturated carbocycles. The van der Waals surface area contributed by atoms with E-state index in [0.29, 0.717) is 5.69 Å².